The van der Waals surface area contributed by atoms with Crippen LogP contribution in [0.25, 0.3) is 0 Å². The van der Waals surface area contributed by atoms with Crippen molar-refractivity contribution in [2.24, 2.45) is 0 Å². The second kappa shape index (κ2) is 14.8. The summed E-state index contributed by atoms with van der Waals surface area (Å²) in [7, 11) is 0. The predicted octanol–water partition coefficient (Wildman–Crippen LogP) is 6.50. The van der Waals surface area contributed by atoms with Crippen LogP contribution in [0.4, 0.5) is 0 Å². The molecule has 0 amide bonds. The Hall–Kier alpha value is -1.74. The third-order valence-electron chi connectivity index (χ3n) is 9.09. The first kappa shape index (κ1) is 36.5. The van der Waals surface area contributed by atoms with Crippen LogP contribution < -0.4 is 0 Å². The van der Waals surface area contributed by atoms with Crippen LogP contribution in [0.3, 0.4) is 0 Å². The summed E-state index contributed by atoms with van der Waals surface area (Å²) in [5.41, 5.74) is -1.23. The van der Waals surface area contributed by atoms with Gasteiger partial charge in [0.05, 0.1) is 23.4 Å². The number of carbonyl (C=O) groups is 2. The minimum Gasteiger partial charge on any atom is -0.459 e. The molecule has 0 radical (unpaired) electrons. The third-order valence-corrected chi connectivity index (χ3v) is 9.09. The van der Waals surface area contributed by atoms with Gasteiger partial charge in [-0.25, -0.2) is 0 Å². The van der Waals surface area contributed by atoms with Crippen LogP contribution in [0.5, 0.6) is 0 Å². The molecule has 8 nitrogen and oxygen atoms in total. The van der Waals surface area contributed by atoms with Crippen molar-refractivity contribution in [1.82, 2.24) is 0 Å². The van der Waals surface area contributed by atoms with Gasteiger partial charge in [-0.1, -0.05) is 23.3 Å². The van der Waals surface area contributed by atoms with Crippen molar-refractivity contribution < 1.29 is 38.7 Å². The quantitative estimate of drug-likeness (QED) is 0.163. The number of carbonyl (C=O) groups excluding carboxylic acids is 2. The van der Waals surface area contributed by atoms with Gasteiger partial charge in [0.2, 0.25) is 0 Å². The highest BCUT2D eigenvalue weighted by atomic mass is 16.6. The van der Waals surface area contributed by atoms with Crippen LogP contribution in [-0.2, 0) is 28.5 Å². The Kier molecular flexibility index (Phi) is 12.9. The third kappa shape index (κ3) is 10.5. The van der Waals surface area contributed by atoms with E-state index in [0.717, 1.165) is 12.8 Å². The van der Waals surface area contributed by atoms with Gasteiger partial charge in [-0.3, -0.25) is 9.59 Å². The van der Waals surface area contributed by atoms with Crippen molar-refractivity contribution in [3.63, 3.8) is 0 Å². The Morgan fingerprint density at radius 3 is 1.38 bits per heavy atom. The van der Waals surface area contributed by atoms with E-state index in [2.05, 4.69) is 12.2 Å². The average molecular weight is 595 g/mol. The summed E-state index contributed by atoms with van der Waals surface area (Å²) >= 11 is 0. The van der Waals surface area contributed by atoms with Crippen LogP contribution in [0.1, 0.15) is 133 Å². The van der Waals surface area contributed by atoms with Crippen molar-refractivity contribution in [3.8, 4) is 0 Å². The van der Waals surface area contributed by atoms with Crippen LogP contribution in [0.15, 0.2) is 23.3 Å². The molecule has 2 rings (SSSR count). The van der Waals surface area contributed by atoms with E-state index in [9.17, 15) is 19.8 Å². The molecule has 2 N–H and O–H groups in total. The van der Waals surface area contributed by atoms with E-state index in [1.54, 1.807) is 0 Å². The number of ether oxygens (including phenoxy) is 4. The minimum atomic E-state index is -1.02. The van der Waals surface area contributed by atoms with Gasteiger partial charge in [0.25, 0.3) is 0 Å². The zero-order chi connectivity index (χ0) is 31.9. The molecule has 0 aliphatic carbocycles. The SMILES string of the molecule is CC(=O)O[C@H](CC[C@@H](OC(C)=O)[C@]1(C)CC[C@H]([C@@](C)(O)CCC=C(C)C)O1)[C@@]1(C)CC[C@H]([C@@](C)(O)CCC=C(C)C)O1. The van der Waals surface area contributed by atoms with Gasteiger partial charge < -0.3 is 29.2 Å². The Labute approximate surface area is 254 Å². The molecule has 242 valence electrons. The lowest BCUT2D eigenvalue weighted by Crippen LogP contribution is -2.49. The predicted molar refractivity (Wildman–Crippen MR) is 164 cm³/mol. The summed E-state index contributed by atoms with van der Waals surface area (Å²) in [6.45, 7) is 18.4. The number of aliphatic hydroxyl groups is 2. The fraction of sp³-hybridized carbons (Fsp3) is 0.824. The van der Waals surface area contributed by atoms with Gasteiger partial charge in [0.15, 0.2) is 0 Å². The molecule has 0 aromatic carbocycles. The van der Waals surface area contributed by atoms with Crippen molar-refractivity contribution in [1.29, 1.82) is 0 Å². The maximum absolute atomic E-state index is 12.2. The largest absolute Gasteiger partial charge is 0.459 e. The van der Waals surface area contributed by atoms with Crippen molar-refractivity contribution >= 4 is 11.9 Å². The fourth-order valence-corrected chi connectivity index (χ4v) is 6.38. The lowest BCUT2D eigenvalue weighted by Gasteiger charge is -2.39. The highest BCUT2D eigenvalue weighted by Gasteiger charge is 2.52. The van der Waals surface area contributed by atoms with Gasteiger partial charge in [-0.05, 0) is 120 Å². The maximum atomic E-state index is 12.2. The molecule has 42 heavy (non-hydrogen) atoms. The van der Waals surface area contributed by atoms with E-state index in [-0.39, 0.29) is 12.2 Å². The molecule has 2 fully saturated rings. The molecular weight excluding hydrogens is 536 g/mol. The highest BCUT2D eigenvalue weighted by molar-refractivity contribution is 5.66. The molecule has 0 aromatic heterocycles. The lowest BCUT2D eigenvalue weighted by molar-refractivity contribution is -0.194. The fourth-order valence-electron chi connectivity index (χ4n) is 6.38. The van der Waals surface area contributed by atoms with Crippen molar-refractivity contribution in [3.05, 3.63) is 23.3 Å². The molecule has 2 aliphatic heterocycles. The molecule has 8 atom stereocenters. The van der Waals surface area contributed by atoms with E-state index in [1.165, 1.54) is 25.0 Å². The molecule has 8 heteroatoms. The van der Waals surface area contributed by atoms with Gasteiger partial charge in [0, 0.05) is 13.8 Å². The summed E-state index contributed by atoms with van der Waals surface area (Å²) in [6, 6.07) is 0. The summed E-state index contributed by atoms with van der Waals surface area (Å²) in [6.07, 6.45) is 8.21. The van der Waals surface area contributed by atoms with Crippen LogP contribution in [0.2, 0.25) is 0 Å². The number of esters is 2. The van der Waals surface area contributed by atoms with E-state index in [0.29, 0.717) is 51.4 Å². The van der Waals surface area contributed by atoms with Crippen LogP contribution in [-0.4, -0.2) is 69.0 Å². The van der Waals surface area contributed by atoms with Gasteiger partial charge >= 0.3 is 11.9 Å². The average Bonchev–Trinajstić information content (AvgIpc) is 3.45. The second-order valence-corrected chi connectivity index (χ2v) is 14.0. The Morgan fingerprint density at radius 2 is 1.10 bits per heavy atom. The van der Waals surface area contributed by atoms with Crippen LogP contribution in [0, 0.1) is 0 Å². The molecule has 0 bridgehead atoms. The van der Waals surface area contributed by atoms with Crippen molar-refractivity contribution in [2.75, 3.05) is 0 Å². The summed E-state index contributed by atoms with van der Waals surface area (Å²) in [4.78, 5) is 24.4. The first-order valence-electron chi connectivity index (χ1n) is 15.7. The summed E-state index contributed by atoms with van der Waals surface area (Å²) in [5.74, 6) is -0.827. The molecular formula is C34H58O8. The molecule has 2 aliphatic rings. The molecule has 0 aromatic rings. The molecule has 0 spiro atoms. The zero-order valence-corrected chi connectivity index (χ0v) is 27.9. The molecule has 2 heterocycles. The standard InChI is InChI=1S/C34H58O8/c1-23(2)13-11-19-31(7,37)27-17-21-33(9,41-27)29(39-25(5)35)15-16-30(40-26(6)36)34(10)22-18-28(42-34)32(8,38)20-12-14-24(3)4/h13-14,27-30,37-38H,11-12,15-22H2,1-10H3/t27-,28-,29-,30-,31+,32+,33-,34+/m1/s1. The maximum Gasteiger partial charge on any atom is 0.303 e. The molecule has 0 saturated carbocycles. The van der Waals surface area contributed by atoms with E-state index < -0.39 is 46.6 Å². The molecule has 2 saturated heterocycles. The number of allylic oxidation sites excluding steroid dienone is 4. The Balaban J connectivity index is 2.16. The van der Waals surface area contributed by atoms with E-state index in [4.69, 9.17) is 18.9 Å². The van der Waals surface area contributed by atoms with E-state index >= 15 is 0 Å². The van der Waals surface area contributed by atoms with Crippen LogP contribution >= 0.6 is 0 Å². The number of hydrogen-bond donors (Lipinski definition) is 2. The lowest BCUT2D eigenvalue weighted by atomic mass is 9.85. The summed E-state index contributed by atoms with van der Waals surface area (Å²) in [5, 5.41) is 22.5. The smallest absolute Gasteiger partial charge is 0.303 e. The van der Waals surface area contributed by atoms with Gasteiger partial charge in [-0.15, -0.1) is 0 Å². The monoisotopic (exact) mass is 594 g/mol. The highest BCUT2D eigenvalue weighted by Crippen LogP contribution is 2.44. The zero-order valence-electron chi connectivity index (χ0n) is 27.9. The first-order chi connectivity index (χ1) is 19.3. The van der Waals surface area contributed by atoms with Gasteiger partial charge in [0.1, 0.15) is 23.4 Å². The molecule has 0 unspecified atom stereocenters. The van der Waals surface area contributed by atoms with Gasteiger partial charge in [-0.2, -0.15) is 0 Å². The number of rotatable bonds is 15. The number of hydrogen-bond acceptors (Lipinski definition) is 8. The summed E-state index contributed by atoms with van der Waals surface area (Å²) < 4.78 is 24.6. The topological polar surface area (TPSA) is 112 Å². The van der Waals surface area contributed by atoms with E-state index in [1.807, 2.05) is 55.4 Å². The Morgan fingerprint density at radius 1 is 0.762 bits per heavy atom. The normalized spacial score (nSPS) is 30.0. The first-order valence-corrected chi connectivity index (χ1v) is 15.7. The Bertz CT molecular complexity index is 896. The minimum absolute atomic E-state index is 0.389. The van der Waals surface area contributed by atoms with Crippen molar-refractivity contribution in [2.45, 2.75) is 180 Å². The second-order valence-electron chi connectivity index (χ2n) is 14.0.